The Morgan fingerprint density at radius 2 is 2.17 bits per heavy atom. The highest BCUT2D eigenvalue weighted by Crippen LogP contribution is 2.31. The van der Waals surface area contributed by atoms with E-state index in [0.29, 0.717) is 23.3 Å². The highest BCUT2D eigenvalue weighted by atomic mass is 32.2. The summed E-state index contributed by atoms with van der Waals surface area (Å²) in [5.74, 6) is -0.117. The van der Waals surface area contributed by atoms with E-state index in [2.05, 4.69) is 10.2 Å². The maximum absolute atomic E-state index is 13.0. The molecule has 23 heavy (non-hydrogen) atoms. The maximum atomic E-state index is 13.0. The number of amides is 1. The molecule has 0 spiro atoms. The first-order valence-corrected chi connectivity index (χ1v) is 10.2. The van der Waals surface area contributed by atoms with Crippen molar-refractivity contribution in [2.45, 2.75) is 49.5 Å². The van der Waals surface area contributed by atoms with Crippen molar-refractivity contribution < 1.29 is 13.2 Å². The Balaban J connectivity index is 1.76. The monoisotopic (exact) mass is 357 g/mol. The number of rotatable bonds is 4. The minimum absolute atomic E-state index is 0.00440. The molecule has 2 fully saturated rings. The zero-order chi connectivity index (χ0) is 16.6. The zero-order valence-corrected chi connectivity index (χ0v) is 15.1. The van der Waals surface area contributed by atoms with Crippen LogP contribution < -0.4 is 5.32 Å². The molecule has 0 aromatic carbocycles. The van der Waals surface area contributed by atoms with E-state index >= 15 is 0 Å². The van der Waals surface area contributed by atoms with E-state index in [1.165, 1.54) is 18.3 Å². The zero-order valence-electron chi connectivity index (χ0n) is 13.5. The number of carbonyl (C=O) groups excluding carboxylic acids is 1. The van der Waals surface area contributed by atoms with Gasteiger partial charge in [0.25, 0.3) is 10.0 Å². The lowest BCUT2D eigenvalue weighted by Crippen LogP contribution is -2.56. The van der Waals surface area contributed by atoms with Crippen molar-refractivity contribution in [3.63, 3.8) is 0 Å². The van der Waals surface area contributed by atoms with E-state index in [9.17, 15) is 13.2 Å². The summed E-state index contributed by atoms with van der Waals surface area (Å²) in [4.78, 5) is 14.2. The first-order chi connectivity index (χ1) is 10.9. The largest absolute Gasteiger partial charge is 0.351 e. The molecule has 3 rings (SSSR count). The molecule has 0 radical (unpaired) electrons. The van der Waals surface area contributed by atoms with Gasteiger partial charge in [-0.15, -0.1) is 11.3 Å². The number of nitrogens with one attached hydrogen (secondary N) is 1. The Bertz CT molecular complexity index is 686. The fourth-order valence-corrected chi connectivity index (χ4v) is 6.50. The predicted molar refractivity (Wildman–Crippen MR) is 89.8 cm³/mol. The van der Waals surface area contributed by atoms with Crippen LogP contribution in [0.1, 0.15) is 31.6 Å². The van der Waals surface area contributed by atoms with Gasteiger partial charge in [-0.3, -0.25) is 9.69 Å². The maximum Gasteiger partial charge on any atom is 0.252 e. The summed E-state index contributed by atoms with van der Waals surface area (Å²) in [6.45, 7) is 6.30. The van der Waals surface area contributed by atoms with E-state index in [4.69, 9.17) is 0 Å². The van der Waals surface area contributed by atoms with Gasteiger partial charge < -0.3 is 5.32 Å². The molecule has 2 saturated heterocycles. The quantitative estimate of drug-likeness (QED) is 0.880. The van der Waals surface area contributed by atoms with Gasteiger partial charge in [0.2, 0.25) is 5.91 Å². The lowest BCUT2D eigenvalue weighted by Gasteiger charge is -2.41. The van der Waals surface area contributed by atoms with Crippen molar-refractivity contribution in [2.75, 3.05) is 19.6 Å². The highest BCUT2D eigenvalue weighted by Gasteiger charge is 2.40. The summed E-state index contributed by atoms with van der Waals surface area (Å²) in [7, 11) is -3.46. The molecule has 3 heterocycles. The number of thiophene rings is 1. The van der Waals surface area contributed by atoms with E-state index < -0.39 is 10.0 Å². The fraction of sp³-hybridized carbons (Fsp3) is 0.667. The molecule has 1 aromatic heterocycles. The summed E-state index contributed by atoms with van der Waals surface area (Å²) in [5, 5.41) is 2.70. The Kier molecular flexibility index (Phi) is 4.78. The van der Waals surface area contributed by atoms with E-state index in [1.54, 1.807) is 16.4 Å². The van der Waals surface area contributed by atoms with Gasteiger partial charge in [-0.05, 0) is 38.4 Å². The van der Waals surface area contributed by atoms with Crippen LogP contribution in [-0.2, 0) is 21.4 Å². The molecule has 0 saturated carbocycles. The standard InChI is InChI=1S/C15H23N3O3S2/c1-11-9-17-7-3-4-13(17)10-18(11)23(20,21)15-6-5-14(22-15)8-16-12(2)19/h5-6,11,13H,3-4,7-10H2,1-2H3,(H,16,19)/t11-,13+/m1/s1. The summed E-state index contributed by atoms with van der Waals surface area (Å²) >= 11 is 1.24. The van der Waals surface area contributed by atoms with Crippen molar-refractivity contribution in [3.8, 4) is 0 Å². The minimum Gasteiger partial charge on any atom is -0.351 e. The summed E-state index contributed by atoms with van der Waals surface area (Å²) < 4.78 is 28.0. The third-order valence-electron chi connectivity index (χ3n) is 4.59. The number of fused-ring (bicyclic) bond motifs is 1. The molecule has 1 N–H and O–H groups in total. The Morgan fingerprint density at radius 3 is 2.91 bits per heavy atom. The molecule has 2 aliphatic rings. The molecular weight excluding hydrogens is 334 g/mol. The molecule has 0 aliphatic carbocycles. The number of nitrogens with zero attached hydrogens (tertiary/aromatic N) is 2. The van der Waals surface area contributed by atoms with Gasteiger partial charge in [0.05, 0.1) is 6.54 Å². The topological polar surface area (TPSA) is 69.7 Å². The Morgan fingerprint density at radius 1 is 1.39 bits per heavy atom. The van der Waals surface area contributed by atoms with Crippen molar-refractivity contribution in [1.82, 2.24) is 14.5 Å². The van der Waals surface area contributed by atoms with E-state index in [1.807, 2.05) is 6.92 Å². The second-order valence-corrected chi connectivity index (χ2v) is 9.63. The molecule has 128 valence electrons. The summed E-state index contributed by atoms with van der Waals surface area (Å²) in [6, 6.07) is 3.80. The van der Waals surface area contributed by atoms with Crippen LogP contribution in [0.5, 0.6) is 0 Å². The van der Waals surface area contributed by atoms with Crippen molar-refractivity contribution in [2.24, 2.45) is 0 Å². The van der Waals surface area contributed by atoms with Crippen LogP contribution in [0.4, 0.5) is 0 Å². The molecule has 0 bridgehead atoms. The van der Waals surface area contributed by atoms with Crippen LogP contribution in [0.15, 0.2) is 16.3 Å². The number of sulfonamides is 1. The molecule has 1 aromatic rings. The van der Waals surface area contributed by atoms with Crippen molar-refractivity contribution in [1.29, 1.82) is 0 Å². The first kappa shape index (κ1) is 16.9. The van der Waals surface area contributed by atoms with E-state index in [-0.39, 0.29) is 11.9 Å². The van der Waals surface area contributed by atoms with Crippen molar-refractivity contribution in [3.05, 3.63) is 17.0 Å². The Hall–Kier alpha value is -0.960. The number of hydrogen-bond acceptors (Lipinski definition) is 5. The van der Waals surface area contributed by atoms with Gasteiger partial charge in [0.1, 0.15) is 4.21 Å². The number of piperazine rings is 1. The summed E-state index contributed by atoms with van der Waals surface area (Å²) in [5.41, 5.74) is 0. The fourth-order valence-electron chi connectivity index (χ4n) is 3.41. The highest BCUT2D eigenvalue weighted by molar-refractivity contribution is 7.91. The first-order valence-electron chi connectivity index (χ1n) is 7.97. The average molecular weight is 358 g/mol. The van der Waals surface area contributed by atoms with Gasteiger partial charge in [-0.2, -0.15) is 4.31 Å². The van der Waals surface area contributed by atoms with Crippen LogP contribution in [0.3, 0.4) is 0 Å². The second kappa shape index (κ2) is 6.51. The van der Waals surface area contributed by atoms with Gasteiger partial charge in [-0.1, -0.05) is 0 Å². The van der Waals surface area contributed by atoms with Crippen LogP contribution in [0.25, 0.3) is 0 Å². The number of carbonyl (C=O) groups is 1. The van der Waals surface area contributed by atoms with Crippen molar-refractivity contribution >= 4 is 27.3 Å². The van der Waals surface area contributed by atoms with Gasteiger partial charge in [-0.25, -0.2) is 8.42 Å². The van der Waals surface area contributed by atoms with Gasteiger partial charge in [0.15, 0.2) is 0 Å². The SMILES string of the molecule is CC(=O)NCc1ccc(S(=O)(=O)N2C[C@@H]3CCCN3C[C@H]2C)s1. The number of hydrogen-bond donors (Lipinski definition) is 1. The molecule has 2 atom stereocenters. The smallest absolute Gasteiger partial charge is 0.252 e. The van der Waals surface area contributed by atoms with Crippen LogP contribution in [0.2, 0.25) is 0 Å². The van der Waals surface area contributed by atoms with Crippen LogP contribution in [0, 0.1) is 0 Å². The van der Waals surface area contributed by atoms with Crippen LogP contribution >= 0.6 is 11.3 Å². The van der Waals surface area contributed by atoms with Gasteiger partial charge in [0, 0.05) is 37.0 Å². The van der Waals surface area contributed by atoms with E-state index in [0.717, 1.165) is 30.8 Å². The third kappa shape index (κ3) is 3.45. The third-order valence-corrected chi connectivity index (χ3v) is 8.12. The molecule has 1 amide bonds. The Labute approximate surface area is 141 Å². The molecule has 6 nitrogen and oxygen atoms in total. The minimum atomic E-state index is -3.46. The average Bonchev–Trinajstić information content (AvgIpc) is 3.12. The second-order valence-electron chi connectivity index (χ2n) is 6.35. The van der Waals surface area contributed by atoms with Gasteiger partial charge >= 0.3 is 0 Å². The molecule has 2 aliphatic heterocycles. The molecule has 0 unspecified atom stereocenters. The molecule has 8 heteroatoms. The normalized spacial score (nSPS) is 26.2. The van der Waals surface area contributed by atoms with Crippen LogP contribution in [-0.4, -0.2) is 55.2 Å². The molecular formula is C15H23N3O3S2. The lowest BCUT2D eigenvalue weighted by atomic mass is 10.1. The summed E-state index contributed by atoms with van der Waals surface area (Å²) in [6.07, 6.45) is 2.24. The lowest BCUT2D eigenvalue weighted by molar-refractivity contribution is -0.119. The predicted octanol–water partition coefficient (Wildman–Crippen LogP) is 1.24.